The SMILES string of the molecule is FC(F)(F)COCCNCc1cscn1. The van der Waals surface area contributed by atoms with Crippen molar-refractivity contribution in [1.29, 1.82) is 0 Å². The molecule has 3 nitrogen and oxygen atoms in total. The molecule has 86 valence electrons. The Morgan fingerprint density at radius 3 is 2.87 bits per heavy atom. The van der Waals surface area contributed by atoms with E-state index in [0.29, 0.717) is 13.1 Å². The second kappa shape index (κ2) is 6.04. The number of nitrogens with zero attached hydrogens (tertiary/aromatic N) is 1. The molecule has 0 aromatic carbocycles. The molecule has 1 N–H and O–H groups in total. The zero-order valence-corrected chi connectivity index (χ0v) is 8.70. The van der Waals surface area contributed by atoms with E-state index in [1.807, 2.05) is 5.38 Å². The van der Waals surface area contributed by atoms with Crippen LogP contribution in [0.5, 0.6) is 0 Å². The van der Waals surface area contributed by atoms with Crippen molar-refractivity contribution < 1.29 is 17.9 Å². The Balaban J connectivity index is 1.94. The minimum atomic E-state index is -4.24. The molecule has 15 heavy (non-hydrogen) atoms. The highest BCUT2D eigenvalue weighted by atomic mass is 32.1. The highest BCUT2D eigenvalue weighted by Crippen LogP contribution is 2.13. The van der Waals surface area contributed by atoms with E-state index in [1.165, 1.54) is 11.3 Å². The molecule has 0 saturated carbocycles. The lowest BCUT2D eigenvalue weighted by Gasteiger charge is -2.07. The number of thiazole rings is 1. The number of nitrogens with one attached hydrogen (secondary N) is 1. The number of ether oxygens (including phenoxy) is 1. The van der Waals surface area contributed by atoms with Gasteiger partial charge >= 0.3 is 6.18 Å². The van der Waals surface area contributed by atoms with Gasteiger partial charge in [0.2, 0.25) is 0 Å². The highest BCUT2D eigenvalue weighted by Gasteiger charge is 2.27. The highest BCUT2D eigenvalue weighted by molar-refractivity contribution is 7.07. The monoisotopic (exact) mass is 240 g/mol. The van der Waals surface area contributed by atoms with Gasteiger partial charge in [-0.1, -0.05) is 0 Å². The van der Waals surface area contributed by atoms with E-state index in [0.717, 1.165) is 5.69 Å². The van der Waals surface area contributed by atoms with Crippen LogP contribution in [0.2, 0.25) is 0 Å². The van der Waals surface area contributed by atoms with Crippen LogP contribution in [-0.2, 0) is 11.3 Å². The summed E-state index contributed by atoms with van der Waals surface area (Å²) < 4.78 is 39.3. The van der Waals surface area contributed by atoms with Gasteiger partial charge in [0.1, 0.15) is 6.61 Å². The normalized spacial score (nSPS) is 11.9. The largest absolute Gasteiger partial charge is 0.411 e. The van der Waals surface area contributed by atoms with E-state index >= 15 is 0 Å². The van der Waals surface area contributed by atoms with Gasteiger partial charge in [-0.25, -0.2) is 4.98 Å². The molecule has 0 aliphatic heterocycles. The van der Waals surface area contributed by atoms with E-state index in [-0.39, 0.29) is 6.61 Å². The average Bonchev–Trinajstić information content (AvgIpc) is 2.61. The summed E-state index contributed by atoms with van der Waals surface area (Å²) in [6, 6.07) is 0. The molecule has 0 amide bonds. The van der Waals surface area contributed by atoms with Gasteiger partial charge in [0.25, 0.3) is 0 Å². The number of hydrogen-bond acceptors (Lipinski definition) is 4. The molecule has 0 bridgehead atoms. The summed E-state index contributed by atoms with van der Waals surface area (Å²) >= 11 is 1.48. The third-order valence-electron chi connectivity index (χ3n) is 1.48. The van der Waals surface area contributed by atoms with Crippen LogP contribution in [0.25, 0.3) is 0 Å². The smallest absolute Gasteiger partial charge is 0.371 e. The quantitative estimate of drug-likeness (QED) is 0.770. The van der Waals surface area contributed by atoms with Crippen molar-refractivity contribution in [2.24, 2.45) is 0 Å². The molecule has 1 aromatic rings. The van der Waals surface area contributed by atoms with Gasteiger partial charge in [0.15, 0.2) is 0 Å². The molecule has 1 aromatic heterocycles. The Bertz CT molecular complexity index is 263. The third-order valence-corrected chi connectivity index (χ3v) is 2.11. The summed E-state index contributed by atoms with van der Waals surface area (Å²) in [7, 11) is 0. The Hall–Kier alpha value is -0.660. The fraction of sp³-hybridized carbons (Fsp3) is 0.625. The van der Waals surface area contributed by atoms with Crippen LogP contribution in [0.1, 0.15) is 5.69 Å². The van der Waals surface area contributed by atoms with Gasteiger partial charge in [-0.15, -0.1) is 11.3 Å². The maximum absolute atomic E-state index is 11.6. The topological polar surface area (TPSA) is 34.1 Å². The first-order chi connectivity index (χ1) is 7.08. The number of rotatable bonds is 6. The summed E-state index contributed by atoms with van der Waals surface area (Å²) in [4.78, 5) is 4.01. The summed E-state index contributed by atoms with van der Waals surface area (Å²) in [6.45, 7) is -0.207. The lowest BCUT2D eigenvalue weighted by Crippen LogP contribution is -2.23. The standard InChI is InChI=1S/C8H11F3N2OS/c9-8(10,11)5-14-2-1-12-3-7-4-15-6-13-7/h4,6,12H,1-3,5H2. The molecule has 0 aliphatic carbocycles. The molecule has 0 aliphatic rings. The van der Waals surface area contributed by atoms with Gasteiger partial charge < -0.3 is 10.1 Å². The third kappa shape index (κ3) is 6.43. The molecule has 1 heterocycles. The van der Waals surface area contributed by atoms with Crippen LogP contribution in [0, 0.1) is 0 Å². The molecular formula is C8H11F3N2OS. The zero-order valence-electron chi connectivity index (χ0n) is 7.88. The lowest BCUT2D eigenvalue weighted by molar-refractivity contribution is -0.173. The Morgan fingerprint density at radius 2 is 2.27 bits per heavy atom. The van der Waals surface area contributed by atoms with Crippen LogP contribution >= 0.6 is 11.3 Å². The van der Waals surface area contributed by atoms with E-state index in [4.69, 9.17) is 0 Å². The van der Waals surface area contributed by atoms with Crippen molar-refractivity contribution in [1.82, 2.24) is 10.3 Å². The number of alkyl halides is 3. The van der Waals surface area contributed by atoms with E-state index in [1.54, 1.807) is 5.51 Å². The van der Waals surface area contributed by atoms with Gasteiger partial charge in [-0.2, -0.15) is 13.2 Å². The maximum atomic E-state index is 11.6. The first kappa shape index (κ1) is 12.4. The van der Waals surface area contributed by atoms with Crippen LogP contribution in [0.15, 0.2) is 10.9 Å². The second-order valence-corrected chi connectivity index (χ2v) is 3.54. The molecule has 0 saturated heterocycles. The maximum Gasteiger partial charge on any atom is 0.411 e. The predicted molar refractivity (Wildman–Crippen MR) is 50.7 cm³/mol. The van der Waals surface area contributed by atoms with Gasteiger partial charge in [0.05, 0.1) is 17.8 Å². The van der Waals surface area contributed by atoms with Gasteiger partial charge in [-0.05, 0) is 0 Å². The van der Waals surface area contributed by atoms with Crippen molar-refractivity contribution in [3.8, 4) is 0 Å². The number of halogens is 3. The molecule has 0 atom stereocenters. The minimum absolute atomic E-state index is 0.0453. The Labute approximate surface area is 89.3 Å². The summed E-state index contributed by atoms with van der Waals surface area (Å²) in [6.07, 6.45) is -4.24. The minimum Gasteiger partial charge on any atom is -0.371 e. The van der Waals surface area contributed by atoms with Crippen molar-refractivity contribution in [3.63, 3.8) is 0 Å². The van der Waals surface area contributed by atoms with Crippen molar-refractivity contribution in [2.75, 3.05) is 19.8 Å². The molecule has 0 spiro atoms. The van der Waals surface area contributed by atoms with Crippen molar-refractivity contribution in [2.45, 2.75) is 12.7 Å². The van der Waals surface area contributed by atoms with Crippen LogP contribution in [0.3, 0.4) is 0 Å². The van der Waals surface area contributed by atoms with Crippen LogP contribution < -0.4 is 5.32 Å². The van der Waals surface area contributed by atoms with Crippen LogP contribution in [0.4, 0.5) is 13.2 Å². The molecule has 7 heteroatoms. The van der Waals surface area contributed by atoms with E-state index in [2.05, 4.69) is 15.0 Å². The molecule has 1 rings (SSSR count). The molecular weight excluding hydrogens is 229 g/mol. The lowest BCUT2D eigenvalue weighted by atomic mass is 10.5. The predicted octanol–water partition coefficient (Wildman–Crippen LogP) is 1.81. The summed E-state index contributed by atoms with van der Waals surface area (Å²) in [5.41, 5.74) is 2.59. The molecule has 0 fully saturated rings. The van der Waals surface area contributed by atoms with Crippen LogP contribution in [-0.4, -0.2) is 30.9 Å². The summed E-state index contributed by atoms with van der Waals surface area (Å²) in [5.74, 6) is 0. The van der Waals surface area contributed by atoms with Gasteiger partial charge in [-0.3, -0.25) is 0 Å². The van der Waals surface area contributed by atoms with E-state index in [9.17, 15) is 13.2 Å². The van der Waals surface area contributed by atoms with Crippen molar-refractivity contribution >= 4 is 11.3 Å². The Kier molecular flexibility index (Phi) is 5.00. The number of aromatic nitrogens is 1. The number of hydrogen-bond donors (Lipinski definition) is 1. The summed E-state index contributed by atoms with van der Waals surface area (Å²) in [5, 5.41) is 4.80. The first-order valence-electron chi connectivity index (χ1n) is 4.30. The zero-order chi connectivity index (χ0) is 11.1. The first-order valence-corrected chi connectivity index (χ1v) is 5.24. The molecule has 0 unspecified atom stereocenters. The average molecular weight is 240 g/mol. The fourth-order valence-electron chi connectivity index (χ4n) is 0.874. The second-order valence-electron chi connectivity index (χ2n) is 2.82. The van der Waals surface area contributed by atoms with Crippen molar-refractivity contribution in [3.05, 3.63) is 16.6 Å². The van der Waals surface area contributed by atoms with Gasteiger partial charge in [0, 0.05) is 18.5 Å². The fourth-order valence-corrected chi connectivity index (χ4v) is 1.43. The Morgan fingerprint density at radius 1 is 1.47 bits per heavy atom. The van der Waals surface area contributed by atoms with E-state index < -0.39 is 12.8 Å². The molecule has 0 radical (unpaired) electrons.